The molecule has 1 aromatic heterocycles. The molecule has 16 heavy (non-hydrogen) atoms. The van der Waals surface area contributed by atoms with Gasteiger partial charge in [0.2, 0.25) is 0 Å². The fourth-order valence-corrected chi connectivity index (χ4v) is 4.15. The minimum absolute atomic E-state index is 0.329. The Labute approximate surface area is 100 Å². The molecular formula is C10H18NO3PS. The molecule has 1 aromatic rings. The van der Waals surface area contributed by atoms with Crippen molar-refractivity contribution >= 4 is 18.9 Å². The molecule has 4 nitrogen and oxygen atoms in total. The summed E-state index contributed by atoms with van der Waals surface area (Å²) in [6, 6.07) is 3.82. The quantitative estimate of drug-likeness (QED) is 0.800. The second-order valence-electron chi connectivity index (χ2n) is 3.27. The van der Waals surface area contributed by atoms with Gasteiger partial charge in [0.05, 0.1) is 13.2 Å². The molecule has 0 aromatic carbocycles. The minimum Gasteiger partial charge on any atom is -0.313 e. The lowest BCUT2D eigenvalue weighted by Gasteiger charge is -2.22. The summed E-state index contributed by atoms with van der Waals surface area (Å²) in [5, 5.41) is 0. The Morgan fingerprint density at radius 3 is 2.31 bits per heavy atom. The fraction of sp³-hybridized carbons (Fsp3) is 0.600. The zero-order valence-corrected chi connectivity index (χ0v) is 11.5. The Kier molecular flexibility index (Phi) is 5.15. The van der Waals surface area contributed by atoms with Gasteiger partial charge in [-0.05, 0) is 32.9 Å². The van der Waals surface area contributed by atoms with Crippen LogP contribution in [0.3, 0.4) is 0 Å². The van der Waals surface area contributed by atoms with E-state index in [1.807, 2.05) is 19.1 Å². The first-order valence-corrected chi connectivity index (χ1v) is 7.67. The Morgan fingerprint density at radius 2 is 1.94 bits per heavy atom. The Morgan fingerprint density at radius 1 is 1.38 bits per heavy atom. The van der Waals surface area contributed by atoms with Crippen molar-refractivity contribution in [3.63, 3.8) is 0 Å². The normalized spacial score (nSPS) is 14.0. The predicted molar refractivity (Wildman–Crippen MR) is 66.8 cm³/mol. The first-order valence-electron chi connectivity index (χ1n) is 5.24. The zero-order valence-electron chi connectivity index (χ0n) is 9.80. The largest absolute Gasteiger partial charge is 0.352 e. The SMILES string of the molecule is CCOP(=O)(OCC)[C@@H](N)c1ccc(C)s1. The molecule has 0 saturated heterocycles. The summed E-state index contributed by atoms with van der Waals surface area (Å²) in [5.74, 6) is -0.689. The van der Waals surface area contributed by atoms with E-state index in [1.54, 1.807) is 13.8 Å². The van der Waals surface area contributed by atoms with Crippen LogP contribution in [0.15, 0.2) is 12.1 Å². The maximum atomic E-state index is 12.4. The van der Waals surface area contributed by atoms with Gasteiger partial charge < -0.3 is 14.8 Å². The maximum Gasteiger partial charge on any atom is 0.352 e. The highest BCUT2D eigenvalue weighted by atomic mass is 32.1. The van der Waals surface area contributed by atoms with Crippen LogP contribution in [0.2, 0.25) is 0 Å². The lowest BCUT2D eigenvalue weighted by atomic mass is 10.4. The Hall–Kier alpha value is -0.190. The molecule has 0 radical (unpaired) electrons. The van der Waals surface area contributed by atoms with Crippen LogP contribution in [0, 0.1) is 6.92 Å². The number of thiophene rings is 1. The van der Waals surface area contributed by atoms with Crippen molar-refractivity contribution < 1.29 is 13.6 Å². The van der Waals surface area contributed by atoms with Gasteiger partial charge in [-0.2, -0.15) is 0 Å². The second-order valence-corrected chi connectivity index (χ2v) is 6.74. The number of aryl methyl sites for hydroxylation is 1. The number of hydrogen-bond donors (Lipinski definition) is 1. The van der Waals surface area contributed by atoms with E-state index in [2.05, 4.69) is 0 Å². The van der Waals surface area contributed by atoms with Gasteiger partial charge in [-0.1, -0.05) is 0 Å². The molecule has 0 aliphatic carbocycles. The fourth-order valence-electron chi connectivity index (χ4n) is 1.33. The summed E-state index contributed by atoms with van der Waals surface area (Å²) in [4.78, 5) is 1.97. The van der Waals surface area contributed by atoms with Crippen molar-refractivity contribution in [3.05, 3.63) is 21.9 Å². The highest BCUT2D eigenvalue weighted by Gasteiger charge is 2.34. The Bertz CT molecular complexity index is 370. The maximum absolute atomic E-state index is 12.4. The summed E-state index contributed by atoms with van der Waals surface area (Å²) < 4.78 is 22.8. The van der Waals surface area contributed by atoms with Gasteiger partial charge in [0, 0.05) is 9.75 Å². The third-order valence-corrected chi connectivity index (χ3v) is 5.47. The molecule has 0 saturated carbocycles. The minimum atomic E-state index is -3.23. The van der Waals surface area contributed by atoms with Gasteiger partial charge in [0.1, 0.15) is 5.78 Å². The van der Waals surface area contributed by atoms with E-state index in [0.717, 1.165) is 9.75 Å². The van der Waals surface area contributed by atoms with Crippen LogP contribution in [0.25, 0.3) is 0 Å². The molecular weight excluding hydrogens is 245 g/mol. The highest BCUT2D eigenvalue weighted by molar-refractivity contribution is 7.54. The third kappa shape index (κ3) is 3.15. The van der Waals surface area contributed by atoms with Gasteiger partial charge in [0.25, 0.3) is 0 Å². The molecule has 2 N–H and O–H groups in total. The summed E-state index contributed by atoms with van der Waals surface area (Å²) in [7, 11) is -3.23. The van der Waals surface area contributed by atoms with Crippen LogP contribution in [-0.4, -0.2) is 13.2 Å². The number of rotatable bonds is 6. The van der Waals surface area contributed by atoms with Crippen LogP contribution < -0.4 is 5.73 Å². The van der Waals surface area contributed by atoms with Crippen LogP contribution in [-0.2, 0) is 13.6 Å². The molecule has 1 rings (SSSR count). The van der Waals surface area contributed by atoms with Crippen LogP contribution in [0.4, 0.5) is 0 Å². The van der Waals surface area contributed by atoms with E-state index in [-0.39, 0.29) is 0 Å². The van der Waals surface area contributed by atoms with E-state index in [4.69, 9.17) is 14.8 Å². The molecule has 0 aliphatic heterocycles. The van der Waals surface area contributed by atoms with Gasteiger partial charge >= 0.3 is 7.60 Å². The first-order chi connectivity index (χ1) is 7.53. The van der Waals surface area contributed by atoms with Crippen molar-refractivity contribution in [1.29, 1.82) is 0 Å². The van der Waals surface area contributed by atoms with Gasteiger partial charge in [-0.3, -0.25) is 4.57 Å². The van der Waals surface area contributed by atoms with Crippen LogP contribution in [0.1, 0.15) is 29.4 Å². The standard InChI is InChI=1S/C10H18NO3PS/c1-4-13-15(12,14-5-2)10(11)9-7-6-8(3)16-9/h6-7,10H,4-5,11H2,1-3H3/t10-/m1/s1. The van der Waals surface area contributed by atoms with Crippen molar-refractivity contribution in [2.24, 2.45) is 5.73 Å². The van der Waals surface area contributed by atoms with E-state index in [0.29, 0.717) is 13.2 Å². The number of nitrogens with two attached hydrogens (primary N) is 1. The number of hydrogen-bond acceptors (Lipinski definition) is 5. The lowest BCUT2D eigenvalue weighted by molar-refractivity contribution is 0.212. The van der Waals surface area contributed by atoms with E-state index in [1.165, 1.54) is 11.3 Å². The van der Waals surface area contributed by atoms with Crippen molar-refractivity contribution in [1.82, 2.24) is 0 Å². The molecule has 0 fully saturated rings. The van der Waals surface area contributed by atoms with Gasteiger partial charge in [0.15, 0.2) is 0 Å². The third-order valence-electron chi connectivity index (χ3n) is 2.01. The summed E-state index contributed by atoms with van der Waals surface area (Å²) in [6.07, 6.45) is 0. The van der Waals surface area contributed by atoms with Crippen molar-refractivity contribution in [2.45, 2.75) is 26.6 Å². The average molecular weight is 263 g/mol. The van der Waals surface area contributed by atoms with Gasteiger partial charge in [-0.25, -0.2) is 0 Å². The summed E-state index contributed by atoms with van der Waals surface area (Å²) >= 11 is 1.52. The zero-order chi connectivity index (χ0) is 12.2. The van der Waals surface area contributed by atoms with Gasteiger partial charge in [-0.15, -0.1) is 11.3 Å². The topological polar surface area (TPSA) is 61.5 Å². The van der Waals surface area contributed by atoms with Crippen LogP contribution in [0.5, 0.6) is 0 Å². The first kappa shape index (κ1) is 13.9. The van der Waals surface area contributed by atoms with Crippen molar-refractivity contribution in [2.75, 3.05) is 13.2 Å². The van der Waals surface area contributed by atoms with E-state index in [9.17, 15) is 4.57 Å². The molecule has 1 heterocycles. The van der Waals surface area contributed by atoms with E-state index >= 15 is 0 Å². The monoisotopic (exact) mass is 263 g/mol. The molecule has 0 unspecified atom stereocenters. The molecule has 1 atom stereocenters. The van der Waals surface area contributed by atoms with Crippen LogP contribution >= 0.6 is 18.9 Å². The smallest absolute Gasteiger partial charge is 0.313 e. The summed E-state index contributed by atoms with van der Waals surface area (Å²) in [5.41, 5.74) is 5.96. The molecule has 0 bridgehead atoms. The molecule has 92 valence electrons. The second kappa shape index (κ2) is 5.94. The lowest BCUT2D eigenvalue weighted by Crippen LogP contribution is -2.13. The Balaban J connectivity index is 2.90. The molecule has 0 amide bonds. The summed E-state index contributed by atoms with van der Waals surface area (Å²) in [6.45, 7) is 6.19. The highest BCUT2D eigenvalue weighted by Crippen LogP contribution is 2.59. The molecule has 0 aliphatic rings. The van der Waals surface area contributed by atoms with E-state index < -0.39 is 13.4 Å². The average Bonchev–Trinajstić information content (AvgIpc) is 2.64. The predicted octanol–water partition coefficient (Wildman–Crippen LogP) is 3.28. The van der Waals surface area contributed by atoms with Crippen molar-refractivity contribution in [3.8, 4) is 0 Å². The molecule has 0 spiro atoms. The molecule has 6 heteroatoms.